The fourth-order valence-corrected chi connectivity index (χ4v) is 10.5. The van der Waals surface area contributed by atoms with Crippen molar-refractivity contribution in [2.75, 3.05) is 7.11 Å². The van der Waals surface area contributed by atoms with Crippen molar-refractivity contribution in [3.63, 3.8) is 0 Å². The monoisotopic (exact) mass is 522 g/mol. The molecule has 1 spiro atoms. The van der Waals surface area contributed by atoms with E-state index >= 15 is 0 Å². The third-order valence-electron chi connectivity index (χ3n) is 11.8. The molecule has 206 valence electrons. The Hall–Kier alpha value is -2.37. The number of methoxy groups -OCH3 is 1. The number of ether oxygens (including phenoxy) is 2. The molecule has 1 heterocycles. The predicted octanol–water partition coefficient (Wildman–Crippen LogP) is 6.40. The average molecular weight is 523 g/mol. The van der Waals surface area contributed by atoms with Gasteiger partial charge in [-0.3, -0.25) is 9.59 Å². The lowest BCUT2D eigenvalue weighted by Crippen LogP contribution is -2.68. The van der Waals surface area contributed by atoms with Gasteiger partial charge in [0.2, 0.25) is 5.76 Å². The first kappa shape index (κ1) is 25.9. The summed E-state index contributed by atoms with van der Waals surface area (Å²) in [5.74, 6) is 1.04. The van der Waals surface area contributed by atoms with Crippen molar-refractivity contribution in [1.29, 1.82) is 0 Å². The summed E-state index contributed by atoms with van der Waals surface area (Å²) in [4.78, 5) is 40.0. The van der Waals surface area contributed by atoms with Gasteiger partial charge in [0.25, 0.3) is 0 Å². The molecule has 7 rings (SSSR count). The second-order valence-corrected chi connectivity index (χ2v) is 13.6. The molecule has 6 nitrogen and oxygen atoms in total. The fourth-order valence-electron chi connectivity index (χ4n) is 10.5. The standard InChI is InChI=1S/C32H42O6/c1-18(2)20-17-32-14-11-24-30(3,12-7-13-31(24,4)29(35)36-5)25(32)16-19(20)26-22(10-9-21(33)27(26)32)38-28(34)23-8-6-15-37-23/h6,8,15,17-19,22,24-27H,7,9-14,16H2,1-5H3/t19-,22-,24+,25+,26-,27+,30-,31?,32-/m0/s1. The number of Topliss-reactive ketones (excluding diaryl/α,β-unsaturated/α-hetero) is 1. The molecule has 2 bridgehead atoms. The van der Waals surface area contributed by atoms with Gasteiger partial charge < -0.3 is 13.9 Å². The molecule has 0 radical (unpaired) electrons. The van der Waals surface area contributed by atoms with Gasteiger partial charge in [0.05, 0.1) is 18.8 Å². The highest BCUT2D eigenvalue weighted by Crippen LogP contribution is 2.74. The van der Waals surface area contributed by atoms with E-state index in [2.05, 4.69) is 33.8 Å². The molecule has 4 saturated carbocycles. The molecule has 0 saturated heterocycles. The van der Waals surface area contributed by atoms with Crippen LogP contribution >= 0.6 is 0 Å². The van der Waals surface area contributed by atoms with Crippen molar-refractivity contribution in [3.8, 4) is 0 Å². The van der Waals surface area contributed by atoms with Crippen LogP contribution in [0.3, 0.4) is 0 Å². The first-order valence-corrected chi connectivity index (χ1v) is 14.6. The molecule has 38 heavy (non-hydrogen) atoms. The summed E-state index contributed by atoms with van der Waals surface area (Å²) in [6.45, 7) is 9.03. The van der Waals surface area contributed by atoms with Crippen LogP contribution in [0, 0.1) is 51.8 Å². The number of carbonyl (C=O) groups is 3. The number of hydrogen-bond acceptors (Lipinski definition) is 6. The van der Waals surface area contributed by atoms with Gasteiger partial charge >= 0.3 is 11.9 Å². The maximum absolute atomic E-state index is 13.9. The average Bonchev–Trinajstić information content (AvgIpc) is 3.44. The van der Waals surface area contributed by atoms with Crippen molar-refractivity contribution in [1.82, 2.24) is 0 Å². The van der Waals surface area contributed by atoms with Gasteiger partial charge in [0, 0.05) is 23.7 Å². The molecule has 0 amide bonds. The van der Waals surface area contributed by atoms with Crippen LogP contribution in [0.5, 0.6) is 0 Å². The Morgan fingerprint density at radius 1 is 1.11 bits per heavy atom. The molecule has 1 aromatic heterocycles. The minimum absolute atomic E-state index is 0.00421. The van der Waals surface area contributed by atoms with Crippen molar-refractivity contribution in [2.45, 2.75) is 85.2 Å². The Labute approximate surface area is 225 Å². The lowest BCUT2D eigenvalue weighted by atomic mass is 9.33. The molecule has 9 atom stereocenters. The highest BCUT2D eigenvalue weighted by Gasteiger charge is 2.71. The van der Waals surface area contributed by atoms with Gasteiger partial charge in [-0.15, -0.1) is 0 Å². The third kappa shape index (κ3) is 3.40. The van der Waals surface area contributed by atoms with Gasteiger partial charge in [0.1, 0.15) is 11.9 Å². The van der Waals surface area contributed by atoms with Crippen LogP contribution in [0.4, 0.5) is 0 Å². The molecular weight excluding hydrogens is 480 g/mol. The van der Waals surface area contributed by atoms with Gasteiger partial charge in [-0.2, -0.15) is 0 Å². The maximum atomic E-state index is 13.9. The van der Waals surface area contributed by atoms with Crippen LogP contribution in [-0.2, 0) is 19.1 Å². The maximum Gasteiger partial charge on any atom is 0.374 e. The molecule has 1 unspecified atom stereocenters. The van der Waals surface area contributed by atoms with Gasteiger partial charge in [-0.1, -0.05) is 38.8 Å². The number of esters is 2. The van der Waals surface area contributed by atoms with E-state index in [1.165, 1.54) is 18.9 Å². The molecule has 0 aromatic carbocycles. The first-order chi connectivity index (χ1) is 18.1. The smallest absolute Gasteiger partial charge is 0.374 e. The second-order valence-electron chi connectivity index (χ2n) is 13.6. The van der Waals surface area contributed by atoms with Crippen molar-refractivity contribution < 1.29 is 28.3 Å². The van der Waals surface area contributed by atoms with Crippen molar-refractivity contribution in [3.05, 3.63) is 35.8 Å². The minimum Gasteiger partial charge on any atom is -0.469 e. The zero-order valence-corrected chi connectivity index (χ0v) is 23.5. The van der Waals surface area contributed by atoms with E-state index in [1.54, 1.807) is 12.1 Å². The summed E-state index contributed by atoms with van der Waals surface area (Å²) < 4.78 is 16.8. The molecule has 0 aliphatic heterocycles. The SMILES string of the molecule is COC(=O)C1(C)CCC[C@]2(C)[C@H]3C[C@H]4C(C(C)C)=C[C@]3(CC[C@@H]12)[C@@H]1C(=O)CC[C@H](OC(=O)c2ccco2)[C@@H]14. The molecule has 1 aromatic rings. The molecule has 6 heteroatoms. The summed E-state index contributed by atoms with van der Waals surface area (Å²) in [6.07, 6.45) is 10.5. The van der Waals surface area contributed by atoms with Crippen LogP contribution in [0.25, 0.3) is 0 Å². The van der Waals surface area contributed by atoms with Crippen LogP contribution in [0.2, 0.25) is 0 Å². The van der Waals surface area contributed by atoms with Crippen LogP contribution in [0.1, 0.15) is 89.6 Å². The Morgan fingerprint density at radius 2 is 1.89 bits per heavy atom. The highest BCUT2D eigenvalue weighted by molar-refractivity contribution is 5.87. The Balaban J connectivity index is 1.42. The normalized spacial score (nSPS) is 43.5. The lowest BCUT2D eigenvalue weighted by molar-refractivity contribution is -0.210. The number of hydrogen-bond donors (Lipinski definition) is 0. The van der Waals surface area contributed by atoms with E-state index < -0.39 is 11.4 Å². The van der Waals surface area contributed by atoms with E-state index in [4.69, 9.17) is 13.9 Å². The third-order valence-corrected chi connectivity index (χ3v) is 11.8. The van der Waals surface area contributed by atoms with E-state index in [-0.39, 0.29) is 52.3 Å². The van der Waals surface area contributed by atoms with Gasteiger partial charge in [0.15, 0.2) is 0 Å². The fraction of sp³-hybridized carbons (Fsp3) is 0.719. The summed E-state index contributed by atoms with van der Waals surface area (Å²) in [6, 6.07) is 3.33. The molecule has 0 N–H and O–H groups in total. The zero-order valence-electron chi connectivity index (χ0n) is 23.5. The van der Waals surface area contributed by atoms with Crippen molar-refractivity contribution in [2.24, 2.45) is 51.8 Å². The summed E-state index contributed by atoms with van der Waals surface area (Å²) in [5, 5.41) is 0. The first-order valence-electron chi connectivity index (χ1n) is 14.6. The van der Waals surface area contributed by atoms with E-state index in [1.807, 2.05) is 0 Å². The number of allylic oxidation sites excluding steroid dienone is 2. The molecule has 4 fully saturated rings. The lowest BCUT2D eigenvalue weighted by Gasteiger charge is -2.70. The van der Waals surface area contributed by atoms with Crippen LogP contribution < -0.4 is 0 Å². The Morgan fingerprint density at radius 3 is 2.58 bits per heavy atom. The number of rotatable bonds is 4. The van der Waals surface area contributed by atoms with E-state index in [0.717, 1.165) is 38.5 Å². The van der Waals surface area contributed by atoms with Gasteiger partial charge in [-0.25, -0.2) is 4.79 Å². The molecular formula is C32H42O6. The summed E-state index contributed by atoms with van der Waals surface area (Å²) in [5.41, 5.74) is 0.664. The van der Waals surface area contributed by atoms with E-state index in [9.17, 15) is 14.4 Å². The number of furan rings is 1. The predicted molar refractivity (Wildman–Crippen MR) is 141 cm³/mol. The quantitative estimate of drug-likeness (QED) is 0.336. The number of fused-ring (bicyclic) bond motifs is 1. The topological polar surface area (TPSA) is 82.8 Å². The van der Waals surface area contributed by atoms with Crippen LogP contribution in [0.15, 0.2) is 34.5 Å². The highest BCUT2D eigenvalue weighted by atomic mass is 16.6. The second kappa shape index (κ2) is 8.82. The summed E-state index contributed by atoms with van der Waals surface area (Å²) >= 11 is 0. The Kier molecular flexibility index (Phi) is 6.01. The minimum atomic E-state index is -0.484. The van der Waals surface area contributed by atoms with Crippen molar-refractivity contribution >= 4 is 17.7 Å². The van der Waals surface area contributed by atoms with E-state index in [0.29, 0.717) is 30.5 Å². The zero-order chi connectivity index (χ0) is 27.0. The largest absolute Gasteiger partial charge is 0.469 e. The van der Waals surface area contributed by atoms with Crippen LogP contribution in [-0.4, -0.2) is 30.9 Å². The van der Waals surface area contributed by atoms with Gasteiger partial charge in [-0.05, 0) is 86.7 Å². The summed E-state index contributed by atoms with van der Waals surface area (Å²) in [7, 11) is 1.51. The number of carbonyl (C=O) groups excluding carboxylic acids is 3. The molecule has 6 aliphatic rings. The Bertz CT molecular complexity index is 1160. The number of ketones is 1. The molecule has 6 aliphatic carbocycles.